The lowest BCUT2D eigenvalue weighted by Gasteiger charge is -2.39. The van der Waals surface area contributed by atoms with Gasteiger partial charge in [0.25, 0.3) is 0 Å². The average Bonchev–Trinajstić information content (AvgIpc) is 3.56. The standard InChI is InChI=1S/C35H51N3O5/c1-6-16-26(4)37(22-8-3)33(42)30-35-20-19-34(5,43-35)28(29(35)32(41)38(30)23-14-9-10-15-24-39)31(40)36(21-7-2)25-27-17-12-11-13-18-27/h7-8,11-13,17-18,26,28-30,39H,2-3,6,9-10,14-16,19-25H2,1,4-5H3/t26?,28-,29+,30?,34+,35?/m1/s1. The van der Waals surface area contributed by atoms with Crippen LogP contribution >= 0.6 is 0 Å². The van der Waals surface area contributed by atoms with Crippen LogP contribution < -0.4 is 0 Å². The van der Waals surface area contributed by atoms with Crippen LogP contribution in [0.3, 0.4) is 0 Å². The lowest BCUT2D eigenvalue weighted by molar-refractivity contribution is -0.154. The van der Waals surface area contributed by atoms with E-state index in [9.17, 15) is 19.5 Å². The Bertz CT molecular complexity index is 1160. The van der Waals surface area contributed by atoms with Crippen molar-refractivity contribution in [1.29, 1.82) is 0 Å². The molecule has 236 valence electrons. The molecular formula is C35H51N3O5. The Morgan fingerprint density at radius 3 is 2.44 bits per heavy atom. The number of hydrogen-bond acceptors (Lipinski definition) is 5. The van der Waals surface area contributed by atoms with Gasteiger partial charge in [-0.15, -0.1) is 13.2 Å². The SMILES string of the molecule is C=CCN(Cc1ccccc1)C(=O)[C@H]1[C@H]2C(=O)N(CCCCCCO)C(C(=O)N(CC=C)C(C)CCC)C23CC[C@]1(C)O3. The largest absolute Gasteiger partial charge is 0.396 e. The average molecular weight is 594 g/mol. The van der Waals surface area contributed by atoms with Crippen molar-refractivity contribution in [3.63, 3.8) is 0 Å². The molecule has 3 heterocycles. The predicted molar refractivity (Wildman–Crippen MR) is 168 cm³/mol. The molecule has 0 aromatic heterocycles. The van der Waals surface area contributed by atoms with Gasteiger partial charge in [-0.1, -0.05) is 68.7 Å². The minimum absolute atomic E-state index is 0.0203. The highest BCUT2D eigenvalue weighted by Crippen LogP contribution is 2.63. The Kier molecular flexibility index (Phi) is 10.9. The van der Waals surface area contributed by atoms with Crippen LogP contribution in [0.4, 0.5) is 0 Å². The summed E-state index contributed by atoms with van der Waals surface area (Å²) in [5.41, 5.74) is -0.883. The van der Waals surface area contributed by atoms with Crippen molar-refractivity contribution in [2.24, 2.45) is 11.8 Å². The number of ether oxygens (including phenoxy) is 1. The molecule has 1 aromatic rings. The molecule has 2 bridgehead atoms. The van der Waals surface area contributed by atoms with Crippen molar-refractivity contribution < 1.29 is 24.2 Å². The normalized spacial score (nSPS) is 28.0. The number of amides is 3. The van der Waals surface area contributed by atoms with Gasteiger partial charge in [-0.3, -0.25) is 14.4 Å². The van der Waals surface area contributed by atoms with Gasteiger partial charge in [0.1, 0.15) is 11.6 Å². The van der Waals surface area contributed by atoms with Gasteiger partial charge in [-0.2, -0.15) is 0 Å². The fraction of sp³-hybridized carbons (Fsp3) is 0.629. The van der Waals surface area contributed by atoms with Crippen LogP contribution in [0.2, 0.25) is 0 Å². The molecule has 3 amide bonds. The molecule has 0 saturated carbocycles. The molecule has 8 nitrogen and oxygen atoms in total. The number of nitrogens with zero attached hydrogens (tertiary/aromatic N) is 3. The molecule has 43 heavy (non-hydrogen) atoms. The zero-order valence-corrected chi connectivity index (χ0v) is 26.4. The van der Waals surface area contributed by atoms with Gasteiger partial charge in [0.15, 0.2) is 0 Å². The summed E-state index contributed by atoms with van der Waals surface area (Å²) < 4.78 is 6.89. The zero-order chi connectivity index (χ0) is 31.2. The number of aliphatic hydroxyl groups excluding tert-OH is 1. The molecular weight excluding hydrogens is 542 g/mol. The summed E-state index contributed by atoms with van der Waals surface area (Å²) in [5.74, 6) is -1.79. The highest BCUT2D eigenvalue weighted by molar-refractivity contribution is 5.99. The van der Waals surface area contributed by atoms with Crippen molar-refractivity contribution in [2.75, 3.05) is 26.2 Å². The number of carbonyl (C=O) groups excluding carboxylic acids is 3. The van der Waals surface area contributed by atoms with Crippen molar-refractivity contribution in [2.45, 2.75) is 102 Å². The molecule has 6 atom stereocenters. The van der Waals surface area contributed by atoms with Gasteiger partial charge < -0.3 is 24.5 Å². The Morgan fingerprint density at radius 2 is 1.79 bits per heavy atom. The van der Waals surface area contributed by atoms with Gasteiger partial charge >= 0.3 is 0 Å². The molecule has 3 saturated heterocycles. The molecule has 3 unspecified atom stereocenters. The Morgan fingerprint density at radius 1 is 1.09 bits per heavy atom. The molecule has 3 aliphatic rings. The van der Waals surface area contributed by atoms with E-state index in [0.717, 1.165) is 37.7 Å². The number of aliphatic hydroxyl groups is 1. The van der Waals surface area contributed by atoms with Crippen molar-refractivity contribution in [3.8, 4) is 0 Å². The van der Waals surface area contributed by atoms with Crippen LogP contribution in [0, 0.1) is 11.8 Å². The van der Waals surface area contributed by atoms with Crippen molar-refractivity contribution in [1.82, 2.24) is 14.7 Å². The lowest BCUT2D eigenvalue weighted by atomic mass is 9.66. The van der Waals surface area contributed by atoms with Gasteiger partial charge in [0.2, 0.25) is 17.7 Å². The first-order chi connectivity index (χ1) is 20.7. The second-order valence-electron chi connectivity index (χ2n) is 12.8. The molecule has 3 fully saturated rings. The van der Waals surface area contributed by atoms with Crippen LogP contribution in [0.1, 0.15) is 77.7 Å². The number of rotatable bonds is 17. The monoisotopic (exact) mass is 593 g/mol. The summed E-state index contributed by atoms with van der Waals surface area (Å²) >= 11 is 0. The van der Waals surface area contributed by atoms with Gasteiger partial charge in [-0.05, 0) is 51.5 Å². The molecule has 8 heteroatoms. The quantitative estimate of drug-likeness (QED) is 0.209. The van der Waals surface area contributed by atoms with Crippen LogP contribution in [0.15, 0.2) is 55.6 Å². The van der Waals surface area contributed by atoms with E-state index in [-0.39, 0.29) is 30.4 Å². The first-order valence-corrected chi connectivity index (χ1v) is 16.2. The number of carbonyl (C=O) groups is 3. The summed E-state index contributed by atoms with van der Waals surface area (Å²) in [6.07, 6.45) is 9.53. The summed E-state index contributed by atoms with van der Waals surface area (Å²) in [6, 6.07) is 9.02. The summed E-state index contributed by atoms with van der Waals surface area (Å²) in [6.45, 7) is 15.6. The van der Waals surface area contributed by atoms with Crippen molar-refractivity contribution >= 4 is 17.7 Å². The second-order valence-corrected chi connectivity index (χ2v) is 12.8. The maximum atomic E-state index is 14.6. The predicted octanol–water partition coefficient (Wildman–Crippen LogP) is 4.72. The topological polar surface area (TPSA) is 90.4 Å². The number of unbranched alkanes of at least 4 members (excludes halogenated alkanes) is 3. The van der Waals surface area contributed by atoms with E-state index in [4.69, 9.17) is 4.74 Å². The molecule has 0 radical (unpaired) electrons. The Labute approximate surface area is 257 Å². The van der Waals surface area contributed by atoms with Crippen LogP contribution in [-0.2, 0) is 25.7 Å². The maximum Gasteiger partial charge on any atom is 0.248 e. The molecule has 0 aliphatic carbocycles. The number of fused-ring (bicyclic) bond motifs is 1. The van der Waals surface area contributed by atoms with E-state index in [1.54, 1.807) is 22.0 Å². The molecule has 1 aromatic carbocycles. The summed E-state index contributed by atoms with van der Waals surface area (Å²) in [7, 11) is 0. The van der Waals surface area contributed by atoms with E-state index in [1.165, 1.54) is 0 Å². The Hall–Kier alpha value is -2.97. The van der Waals surface area contributed by atoms with E-state index >= 15 is 0 Å². The van der Waals surface area contributed by atoms with Gasteiger partial charge in [-0.25, -0.2) is 0 Å². The number of benzene rings is 1. The van der Waals surface area contributed by atoms with Crippen LogP contribution in [-0.4, -0.2) is 87.1 Å². The van der Waals surface area contributed by atoms with E-state index in [1.807, 2.05) is 49.1 Å². The van der Waals surface area contributed by atoms with Crippen LogP contribution in [0.5, 0.6) is 0 Å². The van der Waals surface area contributed by atoms with Gasteiger partial charge in [0, 0.05) is 38.8 Å². The fourth-order valence-corrected chi connectivity index (χ4v) is 7.81. The lowest BCUT2D eigenvalue weighted by Crippen LogP contribution is -2.58. The van der Waals surface area contributed by atoms with E-state index in [2.05, 4.69) is 20.1 Å². The zero-order valence-electron chi connectivity index (χ0n) is 26.4. The smallest absolute Gasteiger partial charge is 0.248 e. The van der Waals surface area contributed by atoms with Crippen molar-refractivity contribution in [3.05, 3.63) is 61.2 Å². The summed E-state index contributed by atoms with van der Waals surface area (Å²) in [4.78, 5) is 48.9. The minimum Gasteiger partial charge on any atom is -0.396 e. The number of likely N-dealkylation sites (tertiary alicyclic amines) is 1. The highest BCUT2D eigenvalue weighted by atomic mass is 16.5. The fourth-order valence-electron chi connectivity index (χ4n) is 7.81. The summed E-state index contributed by atoms with van der Waals surface area (Å²) in [5, 5.41) is 9.22. The molecule has 4 rings (SSSR count). The van der Waals surface area contributed by atoms with Crippen LogP contribution in [0.25, 0.3) is 0 Å². The molecule has 3 aliphatic heterocycles. The van der Waals surface area contributed by atoms with E-state index < -0.39 is 29.1 Å². The van der Waals surface area contributed by atoms with E-state index in [0.29, 0.717) is 45.4 Å². The first kappa shape index (κ1) is 32.9. The minimum atomic E-state index is -1.05. The van der Waals surface area contributed by atoms with Gasteiger partial charge in [0.05, 0.1) is 17.4 Å². The highest BCUT2D eigenvalue weighted by Gasteiger charge is 2.78. The third-order valence-electron chi connectivity index (χ3n) is 9.81. The second kappa shape index (κ2) is 14.2. The Balaban J connectivity index is 1.71. The maximum absolute atomic E-state index is 14.6. The molecule has 1 spiro atoms. The third-order valence-corrected chi connectivity index (χ3v) is 9.81. The first-order valence-electron chi connectivity index (χ1n) is 16.2. The number of hydrogen-bond donors (Lipinski definition) is 1. The third kappa shape index (κ3) is 6.32. The molecule has 1 N–H and O–H groups in total.